The van der Waals surface area contributed by atoms with Gasteiger partial charge in [0.15, 0.2) is 12.6 Å². The maximum atomic E-state index is 10.7. The predicted octanol–water partition coefficient (Wildman–Crippen LogP) is -5.87. The van der Waals surface area contributed by atoms with Gasteiger partial charge in [-0.05, 0) is 5.92 Å². The summed E-state index contributed by atoms with van der Waals surface area (Å²) < 4.78 is 27.5. The molecular weight excluding hydrogens is 492 g/mol. The van der Waals surface area contributed by atoms with Crippen molar-refractivity contribution in [2.75, 3.05) is 19.8 Å². The quantitative estimate of drug-likeness (QED) is 0.140. The third-order valence-corrected chi connectivity index (χ3v) is 6.81. The summed E-state index contributed by atoms with van der Waals surface area (Å²) in [6.07, 6.45) is -22.7. The zero-order valence-electron chi connectivity index (χ0n) is 19.9. The minimum absolute atomic E-state index is 0.206. The van der Waals surface area contributed by atoms with Crippen LogP contribution in [-0.4, -0.2) is 163 Å². The van der Waals surface area contributed by atoms with Gasteiger partial charge in [0, 0.05) is 0 Å². The Morgan fingerprint density at radius 3 is 1.42 bits per heavy atom. The Balaban J connectivity index is 1.72. The summed E-state index contributed by atoms with van der Waals surface area (Å²) in [5.74, 6) is -0.206. The first-order valence-corrected chi connectivity index (χ1v) is 11.8. The smallest absolute Gasteiger partial charge is 0.187 e. The molecule has 3 aliphatic rings. The van der Waals surface area contributed by atoms with Crippen molar-refractivity contribution in [3.05, 3.63) is 0 Å². The molecule has 3 rings (SSSR count). The van der Waals surface area contributed by atoms with E-state index >= 15 is 0 Å². The van der Waals surface area contributed by atoms with E-state index in [2.05, 4.69) is 0 Å². The molecule has 15 heteroatoms. The molecule has 0 spiro atoms. The average Bonchev–Trinajstić information content (AvgIpc) is 2.86. The van der Waals surface area contributed by atoms with Crippen molar-refractivity contribution in [2.24, 2.45) is 5.92 Å². The van der Waals surface area contributed by atoms with Gasteiger partial charge in [0.25, 0.3) is 0 Å². The van der Waals surface area contributed by atoms with Gasteiger partial charge in [0.1, 0.15) is 73.2 Å². The minimum atomic E-state index is -1.85. The monoisotopic (exact) mass is 530 g/mol. The average molecular weight is 531 g/mol. The lowest BCUT2D eigenvalue weighted by Crippen LogP contribution is -2.66. The van der Waals surface area contributed by atoms with Gasteiger partial charge in [-0.1, -0.05) is 13.8 Å². The topological polar surface area (TPSA) is 248 Å². The lowest BCUT2D eigenvalue weighted by molar-refractivity contribution is -0.373. The van der Waals surface area contributed by atoms with E-state index in [1.165, 1.54) is 0 Å². The van der Waals surface area contributed by atoms with Crippen LogP contribution in [0.25, 0.3) is 0 Å². The lowest BCUT2D eigenvalue weighted by Gasteiger charge is -2.48. The van der Waals surface area contributed by atoms with Crippen LogP contribution in [0.4, 0.5) is 0 Å². The Bertz CT molecular complexity index is 678. The van der Waals surface area contributed by atoms with Crippen LogP contribution in [0.2, 0.25) is 0 Å². The normalized spacial score (nSPS) is 50.4. The summed E-state index contributed by atoms with van der Waals surface area (Å²) in [5.41, 5.74) is 0. The highest BCUT2D eigenvalue weighted by Crippen LogP contribution is 2.33. The zero-order valence-corrected chi connectivity index (χ0v) is 19.9. The van der Waals surface area contributed by atoms with Crippen molar-refractivity contribution in [3.63, 3.8) is 0 Å². The maximum Gasteiger partial charge on any atom is 0.187 e. The van der Waals surface area contributed by atoms with E-state index in [0.717, 1.165) is 0 Å². The lowest BCUT2D eigenvalue weighted by atomic mass is 9.89. The molecule has 0 radical (unpaired) electrons. The molecule has 0 aromatic heterocycles. The van der Waals surface area contributed by atoms with Crippen LogP contribution in [0.15, 0.2) is 0 Å². The molecule has 0 aromatic carbocycles. The highest BCUT2D eigenvalue weighted by molar-refractivity contribution is 4.97. The number of hydrogen-bond donors (Lipinski definition) is 10. The standard InChI is InChI=1S/C21H38O15/c1-6(2)17-12(27)13(28)18(8(4-23)32-17)35-21-16(31)14(29)19(9(5-24)34-21)36-20-15(30)11(26)10(25)7(3-22)33-20/h6-31H,3-5H2,1-2H3/t7?,8?,9?,10-,11-,12?,13+,14+,15?,16?,17-,18-,19-,20-,21-/m1/s1. The van der Waals surface area contributed by atoms with E-state index < -0.39 is 112 Å². The molecule has 0 bridgehead atoms. The molecule has 0 saturated carbocycles. The van der Waals surface area contributed by atoms with Gasteiger partial charge >= 0.3 is 0 Å². The third kappa shape index (κ3) is 5.85. The van der Waals surface area contributed by atoms with Crippen molar-refractivity contribution >= 4 is 0 Å². The first-order chi connectivity index (χ1) is 17.0. The largest absolute Gasteiger partial charge is 0.394 e. The SMILES string of the molecule is CC(C)[C@H]1OC(CO)[C@@H](O[C@H]2OC(CO)[C@@H](O[C@H]3OC(CO)[C@@H](O)[C@@H](O)C3O)[C@@H](O)C2O)[C@@H](O)C1O. The summed E-state index contributed by atoms with van der Waals surface area (Å²) in [6.45, 7) is 1.40. The van der Waals surface area contributed by atoms with E-state index in [0.29, 0.717) is 0 Å². The van der Waals surface area contributed by atoms with Crippen LogP contribution in [0.1, 0.15) is 13.8 Å². The van der Waals surface area contributed by atoms with Gasteiger partial charge in [-0.15, -0.1) is 0 Å². The molecule has 0 aliphatic carbocycles. The van der Waals surface area contributed by atoms with E-state index in [1.807, 2.05) is 0 Å². The van der Waals surface area contributed by atoms with Crippen LogP contribution in [-0.2, 0) is 23.7 Å². The number of rotatable bonds is 8. The Hall–Kier alpha value is -0.600. The number of aliphatic hydroxyl groups is 10. The second kappa shape index (κ2) is 12.5. The molecular formula is C21H38O15. The highest BCUT2D eigenvalue weighted by atomic mass is 16.7. The molecule has 3 fully saturated rings. The minimum Gasteiger partial charge on any atom is -0.394 e. The highest BCUT2D eigenvalue weighted by Gasteiger charge is 2.53. The van der Waals surface area contributed by atoms with Crippen molar-refractivity contribution in [1.29, 1.82) is 0 Å². The Morgan fingerprint density at radius 2 is 0.944 bits per heavy atom. The van der Waals surface area contributed by atoms with E-state index in [9.17, 15) is 51.1 Å². The molecule has 3 saturated heterocycles. The summed E-state index contributed by atoms with van der Waals surface area (Å²) in [7, 11) is 0. The zero-order chi connectivity index (χ0) is 26.9. The van der Waals surface area contributed by atoms with E-state index in [-0.39, 0.29) is 5.92 Å². The van der Waals surface area contributed by atoms with Gasteiger partial charge in [-0.2, -0.15) is 0 Å². The molecule has 0 aromatic rings. The van der Waals surface area contributed by atoms with E-state index in [4.69, 9.17) is 23.7 Å². The van der Waals surface area contributed by atoms with Gasteiger partial charge in [0.05, 0.1) is 25.9 Å². The second-order valence-corrected chi connectivity index (χ2v) is 9.65. The Morgan fingerprint density at radius 1 is 0.528 bits per heavy atom. The molecule has 0 amide bonds. The van der Waals surface area contributed by atoms with Gasteiger partial charge < -0.3 is 74.7 Å². The molecule has 10 N–H and O–H groups in total. The third-order valence-electron chi connectivity index (χ3n) is 6.81. The van der Waals surface area contributed by atoms with Crippen molar-refractivity contribution in [3.8, 4) is 0 Å². The number of aliphatic hydroxyl groups excluding tert-OH is 10. The summed E-state index contributed by atoms with van der Waals surface area (Å²) in [5, 5.41) is 101. The van der Waals surface area contributed by atoms with Crippen molar-refractivity contribution < 1.29 is 74.7 Å². The molecule has 6 unspecified atom stereocenters. The molecule has 15 atom stereocenters. The van der Waals surface area contributed by atoms with Gasteiger partial charge in [-0.3, -0.25) is 0 Å². The summed E-state index contributed by atoms with van der Waals surface area (Å²) >= 11 is 0. The van der Waals surface area contributed by atoms with Crippen LogP contribution in [0, 0.1) is 5.92 Å². The van der Waals surface area contributed by atoms with Crippen LogP contribution in [0.3, 0.4) is 0 Å². The number of hydrogen-bond acceptors (Lipinski definition) is 15. The van der Waals surface area contributed by atoms with Crippen LogP contribution >= 0.6 is 0 Å². The predicted molar refractivity (Wildman–Crippen MR) is 114 cm³/mol. The Labute approximate surface area is 207 Å². The Kier molecular flexibility index (Phi) is 10.4. The van der Waals surface area contributed by atoms with Crippen LogP contribution < -0.4 is 0 Å². The summed E-state index contributed by atoms with van der Waals surface area (Å²) in [6, 6.07) is 0. The molecule has 212 valence electrons. The van der Waals surface area contributed by atoms with Crippen molar-refractivity contribution in [2.45, 2.75) is 106 Å². The fourth-order valence-electron chi connectivity index (χ4n) is 4.66. The van der Waals surface area contributed by atoms with Gasteiger partial charge in [0.2, 0.25) is 0 Å². The second-order valence-electron chi connectivity index (χ2n) is 9.65. The van der Waals surface area contributed by atoms with Gasteiger partial charge in [-0.25, -0.2) is 0 Å². The van der Waals surface area contributed by atoms with E-state index in [1.54, 1.807) is 13.8 Å². The van der Waals surface area contributed by atoms with Crippen molar-refractivity contribution in [1.82, 2.24) is 0 Å². The first kappa shape index (κ1) is 29.9. The summed E-state index contributed by atoms with van der Waals surface area (Å²) in [4.78, 5) is 0. The number of ether oxygens (including phenoxy) is 5. The molecule has 15 nitrogen and oxygen atoms in total. The maximum absolute atomic E-state index is 10.7. The fourth-order valence-corrected chi connectivity index (χ4v) is 4.66. The first-order valence-electron chi connectivity index (χ1n) is 11.8. The molecule has 36 heavy (non-hydrogen) atoms. The van der Waals surface area contributed by atoms with Crippen LogP contribution in [0.5, 0.6) is 0 Å². The fraction of sp³-hybridized carbons (Fsp3) is 1.00. The molecule has 3 heterocycles. The molecule has 3 aliphatic heterocycles.